The largest absolute Gasteiger partial charge is 0.417 e. The summed E-state index contributed by atoms with van der Waals surface area (Å²) in [7, 11) is 0. The summed E-state index contributed by atoms with van der Waals surface area (Å²) >= 11 is 0. The maximum absolute atomic E-state index is 12.9. The molecule has 2 aromatic heterocycles. The van der Waals surface area contributed by atoms with Gasteiger partial charge in [0, 0.05) is 37.5 Å². The minimum atomic E-state index is -4.55. The molecule has 0 unspecified atom stereocenters. The molecule has 3 heterocycles. The Bertz CT molecular complexity index is 1260. The third-order valence-electron chi connectivity index (χ3n) is 5.47. The molecule has 1 aliphatic heterocycles. The third kappa shape index (κ3) is 5.86. The fourth-order valence-electron chi connectivity index (χ4n) is 3.66. The molecule has 8 nitrogen and oxygen atoms in total. The lowest BCUT2D eigenvalue weighted by atomic mass is 10.0. The van der Waals surface area contributed by atoms with Crippen LogP contribution in [0.4, 0.5) is 35.9 Å². The van der Waals surface area contributed by atoms with Gasteiger partial charge >= 0.3 is 6.18 Å². The molecule has 0 bridgehead atoms. The average molecular weight is 484 g/mol. The number of aryl methyl sites for hydroxylation is 1. The van der Waals surface area contributed by atoms with E-state index in [1.54, 1.807) is 30.6 Å². The van der Waals surface area contributed by atoms with Crippen molar-refractivity contribution in [1.29, 1.82) is 0 Å². The van der Waals surface area contributed by atoms with Crippen molar-refractivity contribution in [3.05, 3.63) is 71.8 Å². The van der Waals surface area contributed by atoms with Crippen LogP contribution in [0.1, 0.15) is 28.4 Å². The highest BCUT2D eigenvalue weighted by molar-refractivity contribution is 6.05. The van der Waals surface area contributed by atoms with Crippen LogP contribution in [-0.2, 0) is 11.0 Å². The zero-order valence-corrected chi connectivity index (χ0v) is 19.0. The Hall–Kier alpha value is -4.15. The highest BCUT2D eigenvalue weighted by Gasteiger charge is 2.31. The third-order valence-corrected chi connectivity index (χ3v) is 5.47. The van der Waals surface area contributed by atoms with Gasteiger partial charge in [-0.3, -0.25) is 19.6 Å². The summed E-state index contributed by atoms with van der Waals surface area (Å²) in [4.78, 5) is 33.7. The molecule has 4 rings (SSSR count). The minimum Gasteiger partial charge on any atom is -0.379 e. The number of carbonyl (C=O) groups is 2. The molecule has 11 heteroatoms. The van der Waals surface area contributed by atoms with Crippen LogP contribution in [0.3, 0.4) is 0 Å². The number of halogens is 3. The molecule has 0 saturated carbocycles. The predicted molar refractivity (Wildman–Crippen MR) is 127 cm³/mol. The molecule has 0 radical (unpaired) electrons. The van der Waals surface area contributed by atoms with Crippen molar-refractivity contribution in [1.82, 2.24) is 9.97 Å². The Morgan fingerprint density at radius 1 is 0.971 bits per heavy atom. The van der Waals surface area contributed by atoms with E-state index in [0.717, 1.165) is 23.0 Å². The minimum absolute atomic E-state index is 0.0374. The number of anilines is 4. The Labute approximate surface area is 199 Å². The molecule has 1 aliphatic rings. The fraction of sp³-hybridized carbons (Fsp3) is 0.250. The molecule has 2 amide bonds. The van der Waals surface area contributed by atoms with Crippen LogP contribution in [0.15, 0.2) is 55.1 Å². The maximum Gasteiger partial charge on any atom is 0.417 e. The first-order chi connectivity index (χ1) is 16.6. The number of rotatable bonds is 6. The van der Waals surface area contributed by atoms with Crippen LogP contribution >= 0.6 is 0 Å². The zero-order chi connectivity index (χ0) is 25.2. The van der Waals surface area contributed by atoms with Gasteiger partial charge in [-0.2, -0.15) is 13.2 Å². The van der Waals surface area contributed by atoms with Crippen molar-refractivity contribution in [3.8, 4) is 0 Å². The summed E-state index contributed by atoms with van der Waals surface area (Å²) in [6.45, 7) is 4.72. The second kappa shape index (κ2) is 9.61. The van der Waals surface area contributed by atoms with E-state index in [2.05, 4.69) is 30.8 Å². The second-order valence-corrected chi connectivity index (χ2v) is 8.30. The first-order valence-electron chi connectivity index (χ1n) is 10.8. The lowest BCUT2D eigenvalue weighted by molar-refractivity contribution is -0.137. The number of hydrogen-bond acceptors (Lipinski definition) is 6. The summed E-state index contributed by atoms with van der Waals surface area (Å²) < 4.78 is 38.7. The van der Waals surface area contributed by atoms with Gasteiger partial charge in [0.1, 0.15) is 0 Å². The van der Waals surface area contributed by atoms with Gasteiger partial charge in [-0.05, 0) is 36.8 Å². The number of alkyl halides is 3. The molecule has 182 valence electrons. The number of nitrogens with zero attached hydrogens (tertiary/aromatic N) is 3. The Balaban J connectivity index is 1.39. The molecule has 0 spiro atoms. The van der Waals surface area contributed by atoms with Gasteiger partial charge in [0.2, 0.25) is 5.91 Å². The van der Waals surface area contributed by atoms with Crippen LogP contribution in [0, 0.1) is 6.92 Å². The number of nitrogens with one attached hydrogen (secondary N) is 3. The summed E-state index contributed by atoms with van der Waals surface area (Å²) in [5.74, 6) is -0.707. The van der Waals surface area contributed by atoms with E-state index >= 15 is 0 Å². The zero-order valence-electron chi connectivity index (χ0n) is 19.0. The van der Waals surface area contributed by atoms with Crippen molar-refractivity contribution in [2.45, 2.75) is 26.1 Å². The molecule has 0 aliphatic carbocycles. The van der Waals surface area contributed by atoms with Crippen molar-refractivity contribution in [2.75, 3.05) is 33.9 Å². The van der Waals surface area contributed by atoms with Gasteiger partial charge in [-0.1, -0.05) is 6.07 Å². The summed E-state index contributed by atoms with van der Waals surface area (Å²) in [6.07, 6.45) is 0.625. The SMILES string of the molecule is CC(=O)Nc1cncc(N2CC(Nc3cc(C(=O)Nc4cncc(C(F)(F)F)c4)ccc3C)C2)c1. The highest BCUT2D eigenvalue weighted by atomic mass is 19.4. The van der Waals surface area contributed by atoms with E-state index in [4.69, 9.17) is 0 Å². The molecule has 1 aromatic carbocycles. The first-order valence-corrected chi connectivity index (χ1v) is 10.8. The predicted octanol–water partition coefficient (Wildman–Crippen LogP) is 4.32. The number of aromatic nitrogens is 2. The van der Waals surface area contributed by atoms with Crippen LogP contribution in [-0.4, -0.2) is 40.9 Å². The Morgan fingerprint density at radius 2 is 1.66 bits per heavy atom. The van der Waals surface area contributed by atoms with Gasteiger partial charge in [0.05, 0.1) is 47.3 Å². The van der Waals surface area contributed by atoms with Crippen molar-refractivity contribution < 1.29 is 22.8 Å². The van der Waals surface area contributed by atoms with E-state index in [0.29, 0.717) is 30.5 Å². The quantitative estimate of drug-likeness (QED) is 0.482. The van der Waals surface area contributed by atoms with E-state index in [1.807, 2.05) is 13.0 Å². The number of benzene rings is 1. The molecule has 1 saturated heterocycles. The fourth-order valence-corrected chi connectivity index (χ4v) is 3.66. The number of hydrogen-bond donors (Lipinski definition) is 3. The van der Waals surface area contributed by atoms with Crippen LogP contribution < -0.4 is 20.9 Å². The molecule has 35 heavy (non-hydrogen) atoms. The molecule has 0 atom stereocenters. The second-order valence-electron chi connectivity index (χ2n) is 8.30. The van der Waals surface area contributed by atoms with Gasteiger partial charge in [-0.15, -0.1) is 0 Å². The van der Waals surface area contributed by atoms with Crippen LogP contribution in [0.5, 0.6) is 0 Å². The molecule has 3 N–H and O–H groups in total. The highest BCUT2D eigenvalue weighted by Crippen LogP contribution is 2.30. The van der Waals surface area contributed by atoms with Gasteiger partial charge in [0.25, 0.3) is 5.91 Å². The molecular weight excluding hydrogens is 461 g/mol. The van der Waals surface area contributed by atoms with Crippen molar-refractivity contribution in [2.24, 2.45) is 0 Å². The summed E-state index contributed by atoms with van der Waals surface area (Å²) in [5, 5.41) is 8.59. The van der Waals surface area contributed by atoms with E-state index in [1.165, 1.54) is 13.1 Å². The molecular formula is C24H23F3N6O2. The first kappa shape index (κ1) is 24.0. The number of pyridine rings is 2. The molecule has 1 fully saturated rings. The monoisotopic (exact) mass is 484 g/mol. The van der Waals surface area contributed by atoms with Gasteiger partial charge < -0.3 is 20.9 Å². The lowest BCUT2D eigenvalue weighted by Crippen LogP contribution is -2.55. The van der Waals surface area contributed by atoms with E-state index < -0.39 is 17.6 Å². The van der Waals surface area contributed by atoms with Crippen LogP contribution in [0.25, 0.3) is 0 Å². The standard InChI is InChI=1S/C24H23F3N6O2/c1-14-3-4-16(23(35)32-18-6-17(8-28-9-18)24(25,26)27)5-22(14)31-20-12-33(13-20)21-7-19(10-29-11-21)30-15(2)34/h3-11,20,31H,12-13H2,1-2H3,(H,30,34)(H,32,35). The van der Waals surface area contributed by atoms with Gasteiger partial charge in [0.15, 0.2) is 0 Å². The van der Waals surface area contributed by atoms with E-state index in [9.17, 15) is 22.8 Å². The number of carbonyl (C=O) groups excluding carboxylic acids is 2. The smallest absolute Gasteiger partial charge is 0.379 e. The topological polar surface area (TPSA) is 99.3 Å². The van der Waals surface area contributed by atoms with E-state index in [-0.39, 0.29) is 17.6 Å². The normalized spacial score (nSPS) is 13.7. The Kier molecular flexibility index (Phi) is 6.59. The van der Waals surface area contributed by atoms with Crippen molar-refractivity contribution >= 4 is 34.6 Å². The maximum atomic E-state index is 12.9. The van der Waals surface area contributed by atoms with Crippen molar-refractivity contribution in [3.63, 3.8) is 0 Å². The van der Waals surface area contributed by atoms with Gasteiger partial charge in [-0.25, -0.2) is 0 Å². The van der Waals surface area contributed by atoms with Crippen LogP contribution in [0.2, 0.25) is 0 Å². The Morgan fingerprint density at radius 3 is 2.34 bits per heavy atom. The summed E-state index contributed by atoms with van der Waals surface area (Å²) in [6, 6.07) is 7.87. The lowest BCUT2D eigenvalue weighted by Gasteiger charge is -2.42. The average Bonchev–Trinajstić information content (AvgIpc) is 2.76. The summed E-state index contributed by atoms with van der Waals surface area (Å²) in [5.41, 5.74) is 2.52. The molecule has 3 aromatic rings. The number of amides is 2.